The Morgan fingerprint density at radius 1 is 0.964 bits per heavy atom. The van der Waals surface area contributed by atoms with E-state index in [9.17, 15) is 38.9 Å². The average molecular weight is 777 g/mol. The van der Waals surface area contributed by atoms with Gasteiger partial charge < -0.3 is 30.9 Å². The van der Waals surface area contributed by atoms with E-state index in [0.29, 0.717) is 19.3 Å². The highest BCUT2D eigenvalue weighted by molar-refractivity contribution is 6.38. The zero-order chi connectivity index (χ0) is 40.6. The zero-order valence-corrected chi connectivity index (χ0v) is 32.3. The maximum Gasteiger partial charge on any atom is 0.289 e. The van der Waals surface area contributed by atoms with Crippen molar-refractivity contribution < 1.29 is 38.4 Å². The molecule has 5 rings (SSSR count). The maximum absolute atomic E-state index is 14.7. The quantitative estimate of drug-likeness (QED) is 0.110. The smallest absolute Gasteiger partial charge is 0.289 e. The lowest BCUT2D eigenvalue weighted by Crippen LogP contribution is -2.62. The van der Waals surface area contributed by atoms with Crippen molar-refractivity contribution >= 4 is 41.0 Å². The Balaban J connectivity index is 1.40. The van der Waals surface area contributed by atoms with Crippen LogP contribution >= 0.6 is 0 Å². The Kier molecular flexibility index (Phi) is 13.7. The molecule has 0 spiro atoms. The molecule has 1 aromatic heterocycles. The summed E-state index contributed by atoms with van der Waals surface area (Å²) in [6, 6.07) is 0.871. The monoisotopic (exact) mass is 776 g/mol. The van der Waals surface area contributed by atoms with Crippen molar-refractivity contribution in [1.82, 2.24) is 36.1 Å². The zero-order valence-electron chi connectivity index (χ0n) is 32.3. The number of Topliss-reactive ketones (excluding diaryl/α,β-unsaturated/α-hetero) is 1. The first kappa shape index (κ1) is 41.7. The standard InChI is InChI=1S/C39H52N8O9/c1-5-9-28(32(48)37(52)42-24-12-13-24)43-35(50)30-20-27(56-26-16-14-25(15-17-26)47(54)55)22-46(30)38(53)33(39(2,3)4)45-36(51)31(23-10-7-6-8-11-23)44-34(49)29-21-40-18-19-41-29/h14-19,21,23-24,27-28,30-31,33H,5-13,20,22H2,1-4H3,(H,42,52)(H,43,50)(H,44,49)(H,45,51)/t27-,28+,30+,31+,33-/m1/s1. The topological polar surface area (TPSA) is 232 Å². The number of non-ortho nitro benzene ring substituents is 1. The molecule has 0 radical (unpaired) electrons. The van der Waals surface area contributed by atoms with Gasteiger partial charge in [0.15, 0.2) is 0 Å². The van der Waals surface area contributed by atoms with Gasteiger partial charge in [-0.3, -0.25) is 43.9 Å². The fourth-order valence-electron chi connectivity index (χ4n) is 7.22. The van der Waals surface area contributed by atoms with Crippen LogP contribution in [0.2, 0.25) is 0 Å². The van der Waals surface area contributed by atoms with Gasteiger partial charge in [0.25, 0.3) is 17.5 Å². The largest absolute Gasteiger partial charge is 0.488 e. The van der Waals surface area contributed by atoms with Gasteiger partial charge in [-0.2, -0.15) is 0 Å². The van der Waals surface area contributed by atoms with Crippen molar-refractivity contribution in [2.45, 2.75) is 128 Å². The summed E-state index contributed by atoms with van der Waals surface area (Å²) in [5, 5.41) is 22.4. The molecule has 2 saturated carbocycles. The SMILES string of the molecule is CCC[C@H](NC(=O)[C@@H]1C[C@@H](Oc2ccc([N+](=O)[O-])cc2)CN1C(=O)[C@@H](NC(=O)[C@@H](NC(=O)c1cnccn1)C1CCCCC1)C(C)(C)C)C(=O)C(=O)NC1CC1. The van der Waals surface area contributed by atoms with Crippen LogP contribution in [-0.4, -0.2) is 98.0 Å². The summed E-state index contributed by atoms with van der Waals surface area (Å²) in [6.45, 7) is 7.04. The van der Waals surface area contributed by atoms with Gasteiger partial charge in [0, 0.05) is 37.0 Å². The lowest BCUT2D eigenvalue weighted by Gasteiger charge is -2.37. The van der Waals surface area contributed by atoms with E-state index < -0.39 is 75.9 Å². The fourth-order valence-corrected chi connectivity index (χ4v) is 7.22. The lowest BCUT2D eigenvalue weighted by molar-refractivity contribution is -0.384. The van der Waals surface area contributed by atoms with E-state index in [2.05, 4.69) is 31.2 Å². The predicted octanol–water partition coefficient (Wildman–Crippen LogP) is 2.78. The number of nitro benzene ring substituents is 1. The normalized spacial score (nSPS) is 20.2. The highest BCUT2D eigenvalue weighted by Gasteiger charge is 2.47. The van der Waals surface area contributed by atoms with Crippen LogP contribution in [0.4, 0.5) is 5.69 Å². The molecule has 2 aromatic rings. The molecule has 5 amide bonds. The van der Waals surface area contributed by atoms with Gasteiger partial charge >= 0.3 is 0 Å². The number of carbonyl (C=O) groups is 6. The number of aromatic nitrogens is 2. The first-order chi connectivity index (χ1) is 26.7. The van der Waals surface area contributed by atoms with Gasteiger partial charge in [0.05, 0.1) is 23.7 Å². The first-order valence-corrected chi connectivity index (χ1v) is 19.4. The van der Waals surface area contributed by atoms with Crippen LogP contribution in [-0.2, 0) is 24.0 Å². The average Bonchev–Trinajstić information content (AvgIpc) is 3.90. The van der Waals surface area contributed by atoms with E-state index in [1.165, 1.54) is 47.8 Å². The summed E-state index contributed by atoms with van der Waals surface area (Å²) in [6.07, 6.45) is 9.72. The summed E-state index contributed by atoms with van der Waals surface area (Å²) in [5.41, 5.74) is -0.989. The third-order valence-corrected chi connectivity index (χ3v) is 10.4. The number of nitrogens with zero attached hydrogens (tertiary/aromatic N) is 4. The highest BCUT2D eigenvalue weighted by atomic mass is 16.6. The van der Waals surface area contributed by atoms with E-state index >= 15 is 0 Å². The Morgan fingerprint density at radius 3 is 2.25 bits per heavy atom. The second-order valence-electron chi connectivity index (χ2n) is 15.9. The van der Waals surface area contributed by atoms with Crippen LogP contribution in [0, 0.1) is 21.4 Å². The molecule has 2 heterocycles. The Hall–Kier alpha value is -5.48. The number of hydrogen-bond acceptors (Lipinski definition) is 11. The first-order valence-electron chi connectivity index (χ1n) is 19.4. The van der Waals surface area contributed by atoms with E-state index in [1.54, 1.807) is 20.8 Å². The minimum absolute atomic E-state index is 0.0143. The number of amides is 5. The van der Waals surface area contributed by atoms with Gasteiger partial charge in [-0.05, 0) is 55.6 Å². The molecule has 17 nitrogen and oxygen atoms in total. The number of carbonyl (C=O) groups excluding carboxylic acids is 6. The maximum atomic E-state index is 14.7. The van der Waals surface area contributed by atoms with Gasteiger partial charge in [-0.15, -0.1) is 0 Å². The van der Waals surface area contributed by atoms with E-state index in [0.717, 1.165) is 32.1 Å². The molecule has 56 heavy (non-hydrogen) atoms. The number of likely N-dealkylation sites (tertiary alicyclic amines) is 1. The molecule has 1 saturated heterocycles. The molecule has 0 unspecified atom stereocenters. The molecular formula is C39H52N8O9. The van der Waals surface area contributed by atoms with Crippen LogP contribution in [0.1, 0.15) is 102 Å². The molecule has 2 aliphatic carbocycles. The van der Waals surface area contributed by atoms with Crippen LogP contribution in [0.5, 0.6) is 5.75 Å². The van der Waals surface area contributed by atoms with Crippen molar-refractivity contribution in [1.29, 1.82) is 0 Å². The molecule has 0 bridgehead atoms. The predicted molar refractivity (Wildman–Crippen MR) is 202 cm³/mol. The number of ketones is 1. The number of nitro groups is 1. The Bertz CT molecular complexity index is 1760. The number of nitrogens with one attached hydrogen (secondary N) is 4. The molecule has 4 N–H and O–H groups in total. The van der Waals surface area contributed by atoms with Crippen molar-refractivity contribution in [3.05, 3.63) is 58.7 Å². The summed E-state index contributed by atoms with van der Waals surface area (Å²) >= 11 is 0. The molecule has 3 aliphatic rings. The summed E-state index contributed by atoms with van der Waals surface area (Å²) in [4.78, 5) is 102. The minimum atomic E-state index is -1.18. The van der Waals surface area contributed by atoms with Crippen molar-refractivity contribution in [3.8, 4) is 5.75 Å². The summed E-state index contributed by atoms with van der Waals surface area (Å²) < 4.78 is 6.14. The van der Waals surface area contributed by atoms with Crippen LogP contribution < -0.4 is 26.0 Å². The number of ether oxygens (including phenoxy) is 1. The van der Waals surface area contributed by atoms with Gasteiger partial charge in [0.2, 0.25) is 23.5 Å². The number of hydrogen-bond donors (Lipinski definition) is 4. The van der Waals surface area contributed by atoms with E-state index in [4.69, 9.17) is 4.74 Å². The van der Waals surface area contributed by atoms with Gasteiger partial charge in [-0.1, -0.05) is 53.4 Å². The van der Waals surface area contributed by atoms with Gasteiger partial charge in [-0.25, -0.2) is 4.98 Å². The molecule has 17 heteroatoms. The Labute approximate surface area is 325 Å². The lowest BCUT2D eigenvalue weighted by atomic mass is 9.82. The Morgan fingerprint density at radius 2 is 1.66 bits per heavy atom. The number of rotatable bonds is 16. The van der Waals surface area contributed by atoms with Crippen molar-refractivity contribution in [2.75, 3.05) is 6.54 Å². The van der Waals surface area contributed by atoms with Crippen molar-refractivity contribution in [3.63, 3.8) is 0 Å². The molecule has 302 valence electrons. The van der Waals surface area contributed by atoms with Crippen LogP contribution in [0.15, 0.2) is 42.9 Å². The molecular weight excluding hydrogens is 724 g/mol. The molecule has 3 fully saturated rings. The number of benzene rings is 1. The minimum Gasteiger partial charge on any atom is -0.488 e. The van der Waals surface area contributed by atoms with E-state index in [-0.39, 0.29) is 48.5 Å². The highest BCUT2D eigenvalue weighted by Crippen LogP contribution is 2.31. The summed E-state index contributed by atoms with van der Waals surface area (Å²) in [7, 11) is 0. The van der Waals surface area contributed by atoms with Crippen LogP contribution in [0.3, 0.4) is 0 Å². The third-order valence-electron chi connectivity index (χ3n) is 10.4. The van der Waals surface area contributed by atoms with E-state index in [1.807, 2.05) is 6.92 Å². The van der Waals surface area contributed by atoms with Crippen molar-refractivity contribution in [2.24, 2.45) is 11.3 Å². The van der Waals surface area contributed by atoms with Crippen LogP contribution in [0.25, 0.3) is 0 Å². The second-order valence-corrected chi connectivity index (χ2v) is 15.9. The summed E-state index contributed by atoms with van der Waals surface area (Å²) in [5.74, 6) is -3.88. The van der Waals surface area contributed by atoms with Gasteiger partial charge in [0.1, 0.15) is 35.7 Å². The fraction of sp³-hybridized carbons (Fsp3) is 0.590. The third kappa shape index (κ3) is 10.8. The second kappa shape index (κ2) is 18.4. The molecule has 1 aromatic carbocycles. The molecule has 5 atom stereocenters. The molecule has 1 aliphatic heterocycles.